The molecule has 1 amide bonds. The van der Waals surface area contributed by atoms with E-state index in [-0.39, 0.29) is 18.6 Å². The van der Waals surface area contributed by atoms with Crippen LogP contribution >= 0.6 is 0 Å². The number of carbonyl (C=O) groups is 1. The van der Waals surface area contributed by atoms with Crippen LogP contribution in [0.1, 0.15) is 11.9 Å². The van der Waals surface area contributed by atoms with Gasteiger partial charge in [-0.25, -0.2) is 4.98 Å². The van der Waals surface area contributed by atoms with Crippen molar-refractivity contribution in [2.45, 2.75) is 6.04 Å². The molecule has 5 rings (SSSR count). The molecule has 2 aliphatic rings. The van der Waals surface area contributed by atoms with Crippen molar-refractivity contribution in [3.05, 3.63) is 54.6 Å². The average molecular weight is 450 g/mol. The fraction of sp³-hybridized carbons (Fsp3) is 0.391. The van der Waals surface area contributed by atoms with Gasteiger partial charge < -0.3 is 29.1 Å². The molecular weight excluding hydrogens is 424 g/mol. The van der Waals surface area contributed by atoms with Gasteiger partial charge in [-0.15, -0.1) is 0 Å². The maximum atomic E-state index is 12.9. The summed E-state index contributed by atoms with van der Waals surface area (Å²) >= 11 is 0. The molecule has 0 aliphatic carbocycles. The predicted molar refractivity (Wildman–Crippen MR) is 120 cm³/mol. The van der Waals surface area contributed by atoms with Crippen LogP contribution in [-0.4, -0.2) is 78.5 Å². The quantitative estimate of drug-likeness (QED) is 0.598. The molecule has 10 nitrogen and oxygen atoms in total. The zero-order valence-electron chi connectivity index (χ0n) is 18.2. The number of benzene rings is 1. The second-order valence-corrected chi connectivity index (χ2v) is 7.87. The molecule has 1 atom stereocenters. The Kier molecular flexibility index (Phi) is 6.45. The highest BCUT2D eigenvalue weighted by atomic mass is 16.5. The molecule has 1 N–H and O–H groups in total. The van der Waals surface area contributed by atoms with Crippen molar-refractivity contribution in [2.24, 2.45) is 0 Å². The number of anilines is 1. The summed E-state index contributed by atoms with van der Waals surface area (Å²) in [4.78, 5) is 25.9. The summed E-state index contributed by atoms with van der Waals surface area (Å²) in [5, 5.41) is 7.43. The molecule has 0 radical (unpaired) electrons. The summed E-state index contributed by atoms with van der Waals surface area (Å²) in [6.45, 7) is 4.78. The highest BCUT2D eigenvalue weighted by Gasteiger charge is 2.32. The number of amides is 1. The molecule has 0 unspecified atom stereocenters. The van der Waals surface area contributed by atoms with Gasteiger partial charge in [0, 0.05) is 44.5 Å². The zero-order valence-corrected chi connectivity index (χ0v) is 18.2. The Labute approximate surface area is 191 Å². The predicted octanol–water partition coefficient (Wildman–Crippen LogP) is 1.52. The number of pyridine rings is 1. The van der Waals surface area contributed by atoms with Gasteiger partial charge in [-0.05, 0) is 24.3 Å². The molecule has 33 heavy (non-hydrogen) atoms. The fourth-order valence-corrected chi connectivity index (χ4v) is 3.95. The van der Waals surface area contributed by atoms with E-state index in [1.807, 2.05) is 42.5 Å². The number of ether oxygens (including phenoxy) is 2. The first-order chi connectivity index (χ1) is 16.3. The van der Waals surface area contributed by atoms with E-state index in [1.165, 1.54) is 0 Å². The number of carbonyl (C=O) groups excluding carboxylic acids is 1. The maximum Gasteiger partial charge on any atom is 0.261 e. The Bertz CT molecular complexity index is 1050. The lowest BCUT2D eigenvalue weighted by Crippen LogP contribution is -2.50. The van der Waals surface area contributed by atoms with Gasteiger partial charge in [0.25, 0.3) is 11.8 Å². The van der Waals surface area contributed by atoms with Gasteiger partial charge in [0.1, 0.15) is 17.6 Å². The lowest BCUT2D eigenvalue weighted by Gasteiger charge is -2.33. The molecule has 3 aromatic rings. The summed E-state index contributed by atoms with van der Waals surface area (Å²) in [6, 6.07) is 12.8. The van der Waals surface area contributed by atoms with Crippen LogP contribution in [0.15, 0.2) is 53.2 Å². The van der Waals surface area contributed by atoms with Crippen LogP contribution < -0.4 is 15.0 Å². The standard InChI is InChI=1S/C23H26N6O4/c30-21(16-32-18-4-2-1-3-5-18)29-9-8-24-15-19(29)23-26-22(27-33-23)17-6-7-20(25-14-17)28-10-12-31-13-11-28/h1-7,14,19,24H,8-13,15-16H2/t19-/m1/s1. The number of morpholine rings is 1. The van der Waals surface area contributed by atoms with Crippen molar-refractivity contribution in [2.75, 3.05) is 57.4 Å². The van der Waals surface area contributed by atoms with Gasteiger partial charge in [-0.1, -0.05) is 23.4 Å². The molecule has 1 aromatic carbocycles. The van der Waals surface area contributed by atoms with Crippen molar-refractivity contribution in [1.82, 2.24) is 25.3 Å². The number of rotatable bonds is 6. The second kappa shape index (κ2) is 9.97. The van der Waals surface area contributed by atoms with Gasteiger partial charge in [-0.2, -0.15) is 4.98 Å². The minimum Gasteiger partial charge on any atom is -0.484 e. The third-order valence-electron chi connectivity index (χ3n) is 5.74. The monoisotopic (exact) mass is 450 g/mol. The number of nitrogens with one attached hydrogen (secondary N) is 1. The van der Waals surface area contributed by atoms with Crippen LogP contribution in [-0.2, 0) is 9.53 Å². The van der Waals surface area contributed by atoms with E-state index >= 15 is 0 Å². The van der Waals surface area contributed by atoms with Crippen molar-refractivity contribution < 1.29 is 18.8 Å². The molecule has 4 heterocycles. The lowest BCUT2D eigenvalue weighted by molar-refractivity contribution is -0.137. The second-order valence-electron chi connectivity index (χ2n) is 7.87. The van der Waals surface area contributed by atoms with Gasteiger partial charge in [0.05, 0.1) is 13.2 Å². The molecular formula is C23H26N6O4. The third kappa shape index (κ3) is 4.96. The Morgan fingerprint density at radius 3 is 2.76 bits per heavy atom. The van der Waals surface area contributed by atoms with E-state index in [0.29, 0.717) is 50.3 Å². The number of aromatic nitrogens is 3. The number of hydrogen-bond donors (Lipinski definition) is 1. The fourth-order valence-electron chi connectivity index (χ4n) is 3.95. The summed E-state index contributed by atoms with van der Waals surface area (Å²) in [6.07, 6.45) is 1.75. The first kappa shape index (κ1) is 21.4. The SMILES string of the molecule is O=C(COc1ccccc1)N1CCNC[C@@H]1c1nc(-c2ccc(N3CCOCC3)nc2)no1. The first-order valence-corrected chi connectivity index (χ1v) is 11.1. The molecule has 10 heteroatoms. The topological polar surface area (TPSA) is 106 Å². The van der Waals surface area contributed by atoms with Crippen molar-refractivity contribution in [3.63, 3.8) is 0 Å². The zero-order chi connectivity index (χ0) is 22.5. The van der Waals surface area contributed by atoms with Crippen LogP contribution in [0.3, 0.4) is 0 Å². The average Bonchev–Trinajstić information content (AvgIpc) is 3.39. The summed E-state index contributed by atoms with van der Waals surface area (Å²) in [7, 11) is 0. The number of nitrogens with zero attached hydrogens (tertiary/aromatic N) is 5. The maximum absolute atomic E-state index is 12.9. The molecule has 2 saturated heterocycles. The van der Waals surface area contributed by atoms with Crippen LogP contribution in [0.4, 0.5) is 5.82 Å². The van der Waals surface area contributed by atoms with E-state index in [4.69, 9.17) is 14.0 Å². The molecule has 172 valence electrons. The van der Waals surface area contributed by atoms with E-state index in [1.54, 1.807) is 11.1 Å². The molecule has 2 aliphatic heterocycles. The lowest BCUT2D eigenvalue weighted by atomic mass is 10.2. The molecule has 0 spiro atoms. The van der Waals surface area contributed by atoms with Crippen LogP contribution in [0, 0.1) is 0 Å². The number of hydrogen-bond acceptors (Lipinski definition) is 9. The van der Waals surface area contributed by atoms with Crippen molar-refractivity contribution >= 4 is 11.7 Å². The van der Waals surface area contributed by atoms with E-state index in [9.17, 15) is 4.79 Å². The smallest absolute Gasteiger partial charge is 0.261 e. The van der Waals surface area contributed by atoms with Gasteiger partial charge >= 0.3 is 0 Å². The summed E-state index contributed by atoms with van der Waals surface area (Å²) < 4.78 is 16.6. The van der Waals surface area contributed by atoms with Crippen molar-refractivity contribution in [1.29, 1.82) is 0 Å². The minimum atomic E-state index is -0.354. The van der Waals surface area contributed by atoms with Crippen LogP contribution in [0.2, 0.25) is 0 Å². The molecule has 0 saturated carbocycles. The van der Waals surface area contributed by atoms with Crippen molar-refractivity contribution in [3.8, 4) is 17.1 Å². The molecule has 2 fully saturated rings. The van der Waals surface area contributed by atoms with Gasteiger partial charge in [0.2, 0.25) is 5.82 Å². The van der Waals surface area contributed by atoms with E-state index in [0.717, 1.165) is 24.5 Å². The Morgan fingerprint density at radius 1 is 1.12 bits per heavy atom. The highest BCUT2D eigenvalue weighted by molar-refractivity contribution is 5.78. The first-order valence-electron chi connectivity index (χ1n) is 11.1. The largest absolute Gasteiger partial charge is 0.484 e. The van der Waals surface area contributed by atoms with E-state index in [2.05, 4.69) is 25.3 Å². The Morgan fingerprint density at radius 2 is 1.97 bits per heavy atom. The van der Waals surface area contributed by atoms with Gasteiger partial charge in [-0.3, -0.25) is 4.79 Å². The van der Waals surface area contributed by atoms with Gasteiger partial charge in [0.15, 0.2) is 6.61 Å². The Balaban J connectivity index is 1.26. The van der Waals surface area contributed by atoms with E-state index < -0.39 is 0 Å². The summed E-state index contributed by atoms with van der Waals surface area (Å²) in [5.74, 6) is 2.27. The molecule has 2 aromatic heterocycles. The number of piperazine rings is 1. The normalized spacial score (nSPS) is 18.8. The van der Waals surface area contributed by atoms with Crippen LogP contribution in [0.5, 0.6) is 5.75 Å². The highest BCUT2D eigenvalue weighted by Crippen LogP contribution is 2.25. The minimum absolute atomic E-state index is 0.0472. The molecule has 0 bridgehead atoms. The number of para-hydroxylation sites is 1. The summed E-state index contributed by atoms with van der Waals surface area (Å²) in [5.41, 5.74) is 0.760. The van der Waals surface area contributed by atoms with Crippen LogP contribution in [0.25, 0.3) is 11.4 Å². The third-order valence-corrected chi connectivity index (χ3v) is 5.74. The Hall–Kier alpha value is -3.50.